The molecule has 0 aromatic heterocycles. The standard InChI is InChI=1S/C30H24BrNO6/c1-14-11-23(34)27-21(28(14)35)13-20-18(25(27)15-3-10-24(38-2)22(33)12-15)8-9-19-26(20)30(37)32(29(19)36)17-6-4-16(31)5-7-17/h3-8,10-12,19-20,25-26,33H,9,13H2,1-2H3. The molecule has 1 saturated heterocycles. The minimum atomic E-state index is -0.649. The summed E-state index contributed by atoms with van der Waals surface area (Å²) in [7, 11) is 1.45. The third kappa shape index (κ3) is 3.54. The van der Waals surface area contributed by atoms with Gasteiger partial charge in [0.15, 0.2) is 23.1 Å². The number of amides is 2. The summed E-state index contributed by atoms with van der Waals surface area (Å²) >= 11 is 3.39. The van der Waals surface area contributed by atoms with Crippen molar-refractivity contribution in [3.8, 4) is 11.5 Å². The van der Waals surface area contributed by atoms with Gasteiger partial charge in [-0.05, 0) is 73.7 Å². The number of carbonyl (C=O) groups is 4. The average Bonchev–Trinajstić information content (AvgIpc) is 3.16. The quantitative estimate of drug-likeness (QED) is 0.321. The van der Waals surface area contributed by atoms with E-state index < -0.39 is 23.7 Å². The summed E-state index contributed by atoms with van der Waals surface area (Å²) in [4.78, 5) is 55.3. The van der Waals surface area contributed by atoms with Gasteiger partial charge < -0.3 is 9.84 Å². The number of ketones is 2. The molecule has 6 rings (SSSR count). The molecule has 0 radical (unpaired) electrons. The molecule has 192 valence electrons. The van der Waals surface area contributed by atoms with Crippen LogP contribution >= 0.6 is 15.9 Å². The van der Waals surface area contributed by atoms with Gasteiger partial charge in [-0.3, -0.25) is 24.1 Å². The van der Waals surface area contributed by atoms with E-state index in [1.54, 1.807) is 49.4 Å². The number of benzene rings is 2. The Morgan fingerprint density at radius 1 is 1.00 bits per heavy atom. The third-order valence-electron chi connectivity index (χ3n) is 8.18. The zero-order valence-corrected chi connectivity index (χ0v) is 22.3. The van der Waals surface area contributed by atoms with Crippen LogP contribution < -0.4 is 9.64 Å². The van der Waals surface area contributed by atoms with Crippen LogP contribution in [0.25, 0.3) is 0 Å². The van der Waals surface area contributed by atoms with Gasteiger partial charge in [-0.2, -0.15) is 0 Å². The molecule has 4 unspecified atom stereocenters. The SMILES string of the molecule is COc1ccc(C2C3=CCC4C(=O)N(c5ccc(Br)cc5)C(=O)C4C3CC3=C2C(=O)C=C(C)C3=O)cc1O. The maximum Gasteiger partial charge on any atom is 0.238 e. The Morgan fingerprint density at radius 3 is 2.42 bits per heavy atom. The summed E-state index contributed by atoms with van der Waals surface area (Å²) in [6.45, 7) is 1.62. The van der Waals surface area contributed by atoms with Crippen LogP contribution in [0.5, 0.6) is 11.5 Å². The number of phenolic OH excluding ortho intramolecular Hbond substituents is 1. The van der Waals surface area contributed by atoms with E-state index in [-0.39, 0.29) is 41.3 Å². The normalized spacial score (nSPS) is 26.6. The minimum absolute atomic E-state index is 0.0848. The van der Waals surface area contributed by atoms with Gasteiger partial charge in [0.05, 0.1) is 24.6 Å². The number of hydrogen-bond donors (Lipinski definition) is 1. The lowest BCUT2D eigenvalue weighted by Crippen LogP contribution is -2.39. The van der Waals surface area contributed by atoms with Crippen LogP contribution in [0.2, 0.25) is 0 Å². The highest BCUT2D eigenvalue weighted by Gasteiger charge is 2.56. The van der Waals surface area contributed by atoms with Crippen molar-refractivity contribution < 1.29 is 29.0 Å². The molecular formula is C30H24BrNO6. The molecule has 7 nitrogen and oxygen atoms in total. The van der Waals surface area contributed by atoms with Gasteiger partial charge in [-0.25, -0.2) is 0 Å². The topological polar surface area (TPSA) is 101 Å². The van der Waals surface area contributed by atoms with E-state index in [0.29, 0.717) is 34.4 Å². The maximum atomic E-state index is 13.9. The van der Waals surface area contributed by atoms with Gasteiger partial charge in [0.1, 0.15) is 0 Å². The van der Waals surface area contributed by atoms with Crippen molar-refractivity contribution in [3.63, 3.8) is 0 Å². The Hall–Kier alpha value is -3.78. The lowest BCUT2D eigenvalue weighted by atomic mass is 9.59. The first-order chi connectivity index (χ1) is 18.2. The molecule has 0 spiro atoms. The molecule has 2 aromatic rings. The van der Waals surface area contributed by atoms with E-state index in [1.807, 2.05) is 6.08 Å². The Morgan fingerprint density at radius 2 is 1.74 bits per heavy atom. The number of methoxy groups -OCH3 is 1. The number of rotatable bonds is 3. The van der Waals surface area contributed by atoms with Gasteiger partial charge in [0, 0.05) is 27.1 Å². The first-order valence-electron chi connectivity index (χ1n) is 12.4. The average molecular weight is 574 g/mol. The molecule has 0 bridgehead atoms. The zero-order chi connectivity index (χ0) is 26.9. The number of carbonyl (C=O) groups excluding carboxylic acids is 4. The monoisotopic (exact) mass is 573 g/mol. The predicted molar refractivity (Wildman–Crippen MR) is 143 cm³/mol. The molecule has 4 aliphatic rings. The number of phenols is 1. The number of Topliss-reactive ketones (excluding diaryl/α,β-unsaturated/α-hetero) is 1. The highest BCUT2D eigenvalue weighted by Crippen LogP contribution is 2.55. The summed E-state index contributed by atoms with van der Waals surface area (Å²) in [5.74, 6) is -3.04. The van der Waals surface area contributed by atoms with E-state index >= 15 is 0 Å². The summed E-state index contributed by atoms with van der Waals surface area (Å²) in [6.07, 6.45) is 3.89. The van der Waals surface area contributed by atoms with E-state index in [4.69, 9.17) is 4.74 Å². The number of anilines is 1. The van der Waals surface area contributed by atoms with Crippen LogP contribution in [-0.4, -0.2) is 35.6 Å². The summed E-state index contributed by atoms with van der Waals surface area (Å²) in [5.41, 5.74) is 3.10. The molecule has 2 amide bonds. The first kappa shape index (κ1) is 24.6. The Labute approximate surface area is 227 Å². The summed E-state index contributed by atoms with van der Waals surface area (Å²) in [5, 5.41) is 10.5. The van der Waals surface area contributed by atoms with E-state index in [1.165, 1.54) is 18.1 Å². The van der Waals surface area contributed by atoms with E-state index in [9.17, 15) is 24.3 Å². The molecule has 38 heavy (non-hydrogen) atoms. The molecule has 1 fully saturated rings. The summed E-state index contributed by atoms with van der Waals surface area (Å²) in [6, 6.07) is 12.0. The van der Waals surface area contributed by atoms with Crippen molar-refractivity contribution in [3.05, 3.63) is 86.9 Å². The molecule has 1 aliphatic heterocycles. The van der Waals surface area contributed by atoms with E-state index in [0.717, 1.165) is 10.0 Å². The highest BCUT2D eigenvalue weighted by molar-refractivity contribution is 9.10. The number of nitrogens with zero attached hydrogens (tertiary/aromatic N) is 1. The van der Waals surface area contributed by atoms with E-state index in [2.05, 4.69) is 15.9 Å². The second-order valence-electron chi connectivity index (χ2n) is 10.1. The number of allylic oxidation sites excluding steroid dienone is 6. The van der Waals surface area contributed by atoms with Crippen molar-refractivity contribution in [1.82, 2.24) is 0 Å². The van der Waals surface area contributed by atoms with Gasteiger partial charge in [0.25, 0.3) is 0 Å². The van der Waals surface area contributed by atoms with Gasteiger partial charge >= 0.3 is 0 Å². The number of halogens is 1. The number of imide groups is 1. The third-order valence-corrected chi connectivity index (χ3v) is 8.71. The molecule has 4 atom stereocenters. The first-order valence-corrected chi connectivity index (χ1v) is 13.2. The van der Waals surface area contributed by atoms with Gasteiger partial charge in [-0.1, -0.05) is 33.6 Å². The smallest absolute Gasteiger partial charge is 0.238 e. The van der Waals surface area contributed by atoms with Crippen LogP contribution in [0.3, 0.4) is 0 Å². The molecule has 1 N–H and O–H groups in total. The fraction of sp³-hybridized carbons (Fsp3) is 0.267. The van der Waals surface area contributed by atoms with Crippen molar-refractivity contribution >= 4 is 45.0 Å². The maximum absolute atomic E-state index is 13.9. The second-order valence-corrected chi connectivity index (χ2v) is 11.1. The summed E-state index contributed by atoms with van der Waals surface area (Å²) < 4.78 is 6.03. The van der Waals surface area contributed by atoms with Crippen LogP contribution in [0.4, 0.5) is 5.69 Å². The Bertz CT molecular complexity index is 1530. The lowest BCUT2D eigenvalue weighted by Gasteiger charge is -2.42. The Balaban J connectivity index is 1.48. The van der Waals surface area contributed by atoms with Crippen molar-refractivity contribution in [2.75, 3.05) is 12.0 Å². The molecule has 1 heterocycles. The molecular weight excluding hydrogens is 550 g/mol. The van der Waals surface area contributed by atoms with Gasteiger partial charge in [-0.15, -0.1) is 0 Å². The zero-order valence-electron chi connectivity index (χ0n) is 20.7. The molecule has 8 heteroatoms. The fourth-order valence-electron chi connectivity index (χ4n) is 6.49. The number of ether oxygens (including phenoxy) is 1. The molecule has 2 aromatic carbocycles. The fourth-order valence-corrected chi connectivity index (χ4v) is 6.76. The molecule has 3 aliphatic carbocycles. The minimum Gasteiger partial charge on any atom is -0.504 e. The highest BCUT2D eigenvalue weighted by atomic mass is 79.9. The number of fused-ring (bicyclic) bond motifs is 3. The van der Waals surface area contributed by atoms with Crippen LogP contribution in [0.15, 0.2) is 81.4 Å². The van der Waals surface area contributed by atoms with Crippen molar-refractivity contribution in [2.24, 2.45) is 17.8 Å². The van der Waals surface area contributed by atoms with Crippen LogP contribution in [0, 0.1) is 17.8 Å². The molecule has 0 saturated carbocycles. The second kappa shape index (κ2) is 8.91. The predicted octanol–water partition coefficient (Wildman–Crippen LogP) is 4.80. The Kier molecular flexibility index (Phi) is 5.76. The number of hydrogen-bond acceptors (Lipinski definition) is 6. The van der Waals surface area contributed by atoms with Crippen molar-refractivity contribution in [1.29, 1.82) is 0 Å². The van der Waals surface area contributed by atoms with Crippen LogP contribution in [-0.2, 0) is 19.2 Å². The number of aromatic hydroxyl groups is 1. The van der Waals surface area contributed by atoms with Crippen molar-refractivity contribution in [2.45, 2.75) is 25.7 Å². The largest absolute Gasteiger partial charge is 0.504 e. The van der Waals surface area contributed by atoms with Crippen LogP contribution in [0.1, 0.15) is 31.2 Å². The lowest BCUT2D eigenvalue weighted by molar-refractivity contribution is -0.123. The van der Waals surface area contributed by atoms with Gasteiger partial charge in [0.2, 0.25) is 11.8 Å².